The molecule has 0 radical (unpaired) electrons. The van der Waals surface area contributed by atoms with Crippen LogP contribution in [0.3, 0.4) is 0 Å². The van der Waals surface area contributed by atoms with Crippen LogP contribution in [0.25, 0.3) is 0 Å². The molecular weight excluding hydrogens is 292 g/mol. The van der Waals surface area contributed by atoms with Crippen LogP contribution >= 0.6 is 23.8 Å². The van der Waals surface area contributed by atoms with Crippen LogP contribution in [-0.2, 0) is 0 Å². The second-order valence-corrected chi connectivity index (χ2v) is 5.15. The number of thiocarbonyl (C=S) groups is 1. The third-order valence-electron chi connectivity index (χ3n) is 2.86. The van der Waals surface area contributed by atoms with Crippen molar-refractivity contribution < 1.29 is 4.79 Å². The van der Waals surface area contributed by atoms with Gasteiger partial charge < -0.3 is 11.1 Å². The molecule has 0 unspecified atom stereocenters. The largest absolute Gasteiger partial charge is 0.389 e. The molecule has 5 heteroatoms. The molecule has 2 aromatic rings. The number of anilines is 1. The molecule has 0 aromatic heterocycles. The van der Waals surface area contributed by atoms with Gasteiger partial charge in [-0.3, -0.25) is 4.79 Å². The average Bonchev–Trinajstić information content (AvgIpc) is 2.42. The summed E-state index contributed by atoms with van der Waals surface area (Å²) in [6.07, 6.45) is 0. The Hall–Kier alpha value is -1.91. The van der Waals surface area contributed by atoms with Gasteiger partial charge in [-0.15, -0.1) is 0 Å². The molecule has 3 N–H and O–H groups in total. The van der Waals surface area contributed by atoms with E-state index in [2.05, 4.69) is 5.32 Å². The standard InChI is InChI=1S/C15H13ClN2OS/c1-9-3-2-4-12(13(9)16)15(19)18-11-7-5-10(6-8-11)14(17)20/h2-8H,1H3,(H2,17,20)(H,18,19). The van der Waals surface area contributed by atoms with Crippen LogP contribution in [0, 0.1) is 6.92 Å². The fraction of sp³-hybridized carbons (Fsp3) is 0.0667. The van der Waals surface area contributed by atoms with Gasteiger partial charge in [-0.25, -0.2) is 0 Å². The molecule has 3 nitrogen and oxygen atoms in total. The van der Waals surface area contributed by atoms with E-state index in [1.54, 1.807) is 36.4 Å². The Balaban J connectivity index is 2.19. The Morgan fingerprint density at radius 3 is 2.45 bits per heavy atom. The molecule has 0 fully saturated rings. The van der Waals surface area contributed by atoms with Crippen LogP contribution < -0.4 is 11.1 Å². The number of hydrogen-bond acceptors (Lipinski definition) is 2. The lowest BCUT2D eigenvalue weighted by molar-refractivity contribution is 0.102. The highest BCUT2D eigenvalue weighted by atomic mass is 35.5. The van der Waals surface area contributed by atoms with Crippen molar-refractivity contribution >= 4 is 40.4 Å². The van der Waals surface area contributed by atoms with Crippen molar-refractivity contribution in [1.82, 2.24) is 0 Å². The number of amides is 1. The van der Waals surface area contributed by atoms with Crippen molar-refractivity contribution in [2.45, 2.75) is 6.92 Å². The van der Waals surface area contributed by atoms with E-state index in [1.165, 1.54) is 0 Å². The van der Waals surface area contributed by atoms with E-state index >= 15 is 0 Å². The van der Waals surface area contributed by atoms with Gasteiger partial charge in [-0.2, -0.15) is 0 Å². The summed E-state index contributed by atoms with van der Waals surface area (Å²) in [4.78, 5) is 12.5. The maximum absolute atomic E-state index is 12.2. The second-order valence-electron chi connectivity index (χ2n) is 4.33. The van der Waals surface area contributed by atoms with Crippen LogP contribution in [0.2, 0.25) is 5.02 Å². The van der Waals surface area contributed by atoms with Crippen molar-refractivity contribution in [3.05, 3.63) is 64.2 Å². The fourth-order valence-corrected chi connectivity index (χ4v) is 2.09. The number of aryl methyl sites for hydroxylation is 1. The van der Waals surface area contributed by atoms with E-state index in [1.807, 2.05) is 13.0 Å². The van der Waals surface area contributed by atoms with E-state index < -0.39 is 0 Å². The molecule has 102 valence electrons. The lowest BCUT2D eigenvalue weighted by Crippen LogP contribution is -2.13. The predicted molar refractivity (Wildman–Crippen MR) is 86.5 cm³/mol. The van der Waals surface area contributed by atoms with E-state index in [0.717, 1.165) is 11.1 Å². The molecular formula is C15H13ClN2OS. The molecule has 0 spiro atoms. The summed E-state index contributed by atoms with van der Waals surface area (Å²) in [7, 11) is 0. The van der Waals surface area contributed by atoms with Gasteiger partial charge in [0.25, 0.3) is 5.91 Å². The van der Waals surface area contributed by atoms with Gasteiger partial charge in [0.05, 0.1) is 10.6 Å². The molecule has 0 aliphatic carbocycles. The number of rotatable bonds is 3. The topological polar surface area (TPSA) is 55.1 Å². The predicted octanol–water partition coefficient (Wildman–Crippen LogP) is 3.53. The van der Waals surface area contributed by atoms with Crippen LogP contribution in [-0.4, -0.2) is 10.9 Å². The third-order valence-corrected chi connectivity index (χ3v) is 3.60. The van der Waals surface area contributed by atoms with Crippen molar-refractivity contribution in [3.63, 3.8) is 0 Å². The van der Waals surface area contributed by atoms with Crippen LogP contribution in [0.4, 0.5) is 5.69 Å². The summed E-state index contributed by atoms with van der Waals surface area (Å²) in [6, 6.07) is 12.4. The van der Waals surface area contributed by atoms with Gasteiger partial charge in [0, 0.05) is 11.3 Å². The lowest BCUT2D eigenvalue weighted by atomic mass is 10.1. The van der Waals surface area contributed by atoms with Gasteiger partial charge in [0.2, 0.25) is 0 Å². The zero-order valence-corrected chi connectivity index (χ0v) is 12.4. The molecule has 1 amide bonds. The SMILES string of the molecule is Cc1cccc(C(=O)Nc2ccc(C(N)=S)cc2)c1Cl. The number of hydrogen-bond donors (Lipinski definition) is 2. The Labute approximate surface area is 127 Å². The van der Waals surface area contributed by atoms with E-state index in [9.17, 15) is 4.79 Å². The first-order chi connectivity index (χ1) is 9.49. The second kappa shape index (κ2) is 6.03. The highest BCUT2D eigenvalue weighted by Gasteiger charge is 2.11. The maximum Gasteiger partial charge on any atom is 0.257 e. The van der Waals surface area contributed by atoms with Gasteiger partial charge in [-0.1, -0.05) is 36.0 Å². The Kier molecular flexibility index (Phi) is 4.37. The molecule has 2 rings (SSSR count). The summed E-state index contributed by atoms with van der Waals surface area (Å²) >= 11 is 11.0. The molecule has 0 heterocycles. The first-order valence-corrected chi connectivity index (χ1v) is 6.74. The molecule has 0 aliphatic heterocycles. The fourth-order valence-electron chi connectivity index (χ4n) is 1.74. The Bertz CT molecular complexity index is 668. The Morgan fingerprint density at radius 2 is 1.85 bits per heavy atom. The van der Waals surface area contributed by atoms with Crippen molar-refractivity contribution in [3.8, 4) is 0 Å². The number of nitrogens with one attached hydrogen (secondary N) is 1. The summed E-state index contributed by atoms with van der Waals surface area (Å²) in [5.74, 6) is -0.248. The average molecular weight is 305 g/mol. The molecule has 0 saturated carbocycles. The summed E-state index contributed by atoms with van der Waals surface area (Å²) in [6.45, 7) is 1.86. The highest BCUT2D eigenvalue weighted by molar-refractivity contribution is 7.80. The van der Waals surface area contributed by atoms with Crippen molar-refractivity contribution in [2.75, 3.05) is 5.32 Å². The Morgan fingerprint density at radius 1 is 1.20 bits per heavy atom. The molecule has 0 bridgehead atoms. The number of benzene rings is 2. The van der Waals surface area contributed by atoms with Crippen LogP contribution in [0.1, 0.15) is 21.5 Å². The minimum absolute atomic E-state index is 0.248. The summed E-state index contributed by atoms with van der Waals surface area (Å²) < 4.78 is 0. The van der Waals surface area contributed by atoms with E-state index in [4.69, 9.17) is 29.6 Å². The lowest BCUT2D eigenvalue weighted by Gasteiger charge is -2.08. The zero-order chi connectivity index (χ0) is 14.7. The van der Waals surface area contributed by atoms with Crippen LogP contribution in [0.15, 0.2) is 42.5 Å². The van der Waals surface area contributed by atoms with Crippen molar-refractivity contribution in [1.29, 1.82) is 0 Å². The molecule has 0 atom stereocenters. The zero-order valence-electron chi connectivity index (χ0n) is 10.8. The first-order valence-electron chi connectivity index (χ1n) is 5.95. The highest BCUT2D eigenvalue weighted by Crippen LogP contribution is 2.21. The van der Waals surface area contributed by atoms with Crippen molar-refractivity contribution in [2.24, 2.45) is 5.73 Å². The minimum atomic E-state index is -0.248. The van der Waals surface area contributed by atoms with Gasteiger partial charge >= 0.3 is 0 Å². The molecule has 2 aromatic carbocycles. The number of carbonyl (C=O) groups excluding carboxylic acids is 1. The number of carbonyl (C=O) groups is 1. The third kappa shape index (κ3) is 3.15. The number of nitrogens with two attached hydrogens (primary N) is 1. The monoisotopic (exact) mass is 304 g/mol. The number of halogens is 1. The molecule has 20 heavy (non-hydrogen) atoms. The minimum Gasteiger partial charge on any atom is -0.389 e. The summed E-state index contributed by atoms with van der Waals surface area (Å²) in [5, 5.41) is 3.25. The van der Waals surface area contributed by atoms with Gasteiger partial charge in [0.15, 0.2) is 0 Å². The van der Waals surface area contributed by atoms with Crippen LogP contribution in [0.5, 0.6) is 0 Å². The maximum atomic E-state index is 12.2. The van der Waals surface area contributed by atoms with Gasteiger partial charge in [-0.05, 0) is 42.8 Å². The van der Waals surface area contributed by atoms with Gasteiger partial charge in [0.1, 0.15) is 4.99 Å². The summed E-state index contributed by atoms with van der Waals surface area (Å²) in [5.41, 5.74) is 8.25. The normalized spacial score (nSPS) is 10.1. The van der Waals surface area contributed by atoms with E-state index in [-0.39, 0.29) is 5.91 Å². The quantitative estimate of drug-likeness (QED) is 0.853. The first kappa shape index (κ1) is 14.5. The molecule has 0 saturated heterocycles. The van der Waals surface area contributed by atoms with E-state index in [0.29, 0.717) is 21.3 Å². The smallest absolute Gasteiger partial charge is 0.257 e. The molecule has 0 aliphatic rings.